The first kappa shape index (κ1) is 17.5. The number of nitrogens with one attached hydrogen (secondary N) is 2. The molecule has 0 saturated carbocycles. The van der Waals surface area contributed by atoms with Gasteiger partial charge in [0.25, 0.3) is 0 Å². The van der Waals surface area contributed by atoms with E-state index in [9.17, 15) is 9.59 Å². The number of hydrogen-bond acceptors (Lipinski definition) is 3. The lowest BCUT2D eigenvalue weighted by Gasteiger charge is -2.18. The second-order valence-electron chi connectivity index (χ2n) is 5.27. The van der Waals surface area contributed by atoms with Crippen LogP contribution in [0.5, 0.6) is 0 Å². The predicted molar refractivity (Wildman–Crippen MR) is 94.0 cm³/mol. The Balaban J connectivity index is 1.95. The molecule has 0 aliphatic carbocycles. The van der Waals surface area contributed by atoms with Gasteiger partial charge in [-0.15, -0.1) is 0 Å². The van der Waals surface area contributed by atoms with Gasteiger partial charge in [0.1, 0.15) is 0 Å². The van der Waals surface area contributed by atoms with E-state index in [1.807, 2.05) is 37.3 Å². The summed E-state index contributed by atoms with van der Waals surface area (Å²) in [5, 5.41) is 5.72. The zero-order valence-electron chi connectivity index (χ0n) is 13.9. The molecule has 2 aromatic rings. The molecule has 5 heteroatoms. The lowest BCUT2D eigenvalue weighted by Crippen LogP contribution is -2.32. The lowest BCUT2D eigenvalue weighted by atomic mass is 10.1. The van der Waals surface area contributed by atoms with Gasteiger partial charge in [0, 0.05) is 5.69 Å². The summed E-state index contributed by atoms with van der Waals surface area (Å²) in [6, 6.07) is 16.1. The molecular weight excluding hydrogens is 304 g/mol. The molecule has 0 heterocycles. The highest BCUT2D eigenvalue weighted by Crippen LogP contribution is 2.16. The van der Waals surface area contributed by atoms with Crippen LogP contribution in [-0.4, -0.2) is 18.6 Å². The Bertz CT molecular complexity index is 669. The molecule has 0 saturated heterocycles. The Morgan fingerprint density at radius 1 is 1.00 bits per heavy atom. The third kappa shape index (κ3) is 4.84. The van der Waals surface area contributed by atoms with Crippen molar-refractivity contribution in [3.05, 3.63) is 65.7 Å². The van der Waals surface area contributed by atoms with Crippen molar-refractivity contribution in [3.63, 3.8) is 0 Å². The fourth-order valence-corrected chi connectivity index (χ4v) is 2.34. The molecule has 5 nitrogen and oxygen atoms in total. The van der Waals surface area contributed by atoms with Crippen LogP contribution in [0, 0.1) is 0 Å². The van der Waals surface area contributed by atoms with Crippen LogP contribution < -0.4 is 10.6 Å². The molecule has 2 rings (SSSR count). The van der Waals surface area contributed by atoms with Crippen LogP contribution in [0.3, 0.4) is 0 Å². The van der Waals surface area contributed by atoms with E-state index in [1.165, 1.54) is 0 Å². The summed E-state index contributed by atoms with van der Waals surface area (Å²) in [5.74, 6) is -0.372. The van der Waals surface area contributed by atoms with Crippen LogP contribution in [0.4, 0.5) is 10.5 Å². The first-order chi connectivity index (χ1) is 11.6. The molecule has 0 bridgehead atoms. The van der Waals surface area contributed by atoms with Crippen molar-refractivity contribution < 1.29 is 14.3 Å². The molecule has 2 N–H and O–H groups in total. The maximum Gasteiger partial charge on any atom is 0.338 e. The minimum atomic E-state index is -0.372. The summed E-state index contributed by atoms with van der Waals surface area (Å²) in [7, 11) is 0. The highest BCUT2D eigenvalue weighted by molar-refractivity contribution is 5.92. The Hall–Kier alpha value is -2.82. The van der Waals surface area contributed by atoms with Gasteiger partial charge in [0.2, 0.25) is 0 Å². The number of carbonyl (C=O) groups is 2. The molecular formula is C19H22N2O3. The van der Waals surface area contributed by atoms with E-state index in [2.05, 4.69) is 10.6 Å². The molecule has 0 aliphatic heterocycles. The van der Waals surface area contributed by atoms with Crippen LogP contribution in [0.2, 0.25) is 0 Å². The highest BCUT2D eigenvalue weighted by atomic mass is 16.5. The maximum absolute atomic E-state index is 12.2. The van der Waals surface area contributed by atoms with E-state index in [4.69, 9.17) is 4.74 Å². The van der Waals surface area contributed by atoms with Gasteiger partial charge in [0.05, 0.1) is 18.2 Å². The fourth-order valence-electron chi connectivity index (χ4n) is 2.34. The number of hydrogen-bond donors (Lipinski definition) is 2. The number of anilines is 1. The molecule has 1 unspecified atom stereocenters. The van der Waals surface area contributed by atoms with Crippen LogP contribution in [0.1, 0.15) is 42.2 Å². The lowest BCUT2D eigenvalue weighted by molar-refractivity contribution is 0.0526. The number of benzene rings is 2. The first-order valence-electron chi connectivity index (χ1n) is 8.03. The quantitative estimate of drug-likeness (QED) is 0.784. The van der Waals surface area contributed by atoms with Crippen molar-refractivity contribution in [3.8, 4) is 0 Å². The van der Waals surface area contributed by atoms with E-state index in [0.29, 0.717) is 17.9 Å². The van der Waals surface area contributed by atoms with Crippen LogP contribution in [0.15, 0.2) is 54.6 Å². The van der Waals surface area contributed by atoms with Gasteiger partial charge in [-0.25, -0.2) is 9.59 Å². The van der Waals surface area contributed by atoms with E-state index < -0.39 is 0 Å². The molecule has 0 radical (unpaired) electrons. The summed E-state index contributed by atoms with van der Waals surface area (Å²) >= 11 is 0. The number of ether oxygens (including phenoxy) is 1. The van der Waals surface area contributed by atoms with Gasteiger partial charge in [-0.3, -0.25) is 0 Å². The standard InChI is InChI=1S/C19H22N2O3/c1-3-17(14-8-6-5-7-9-14)21-19(23)20-16-12-10-15(11-13-16)18(22)24-4-2/h5-13,17H,3-4H2,1-2H3,(H2,20,21,23). The predicted octanol–water partition coefficient (Wildman–Crippen LogP) is 4.14. The van der Waals surface area contributed by atoms with Crippen molar-refractivity contribution in [2.45, 2.75) is 26.3 Å². The normalized spacial score (nSPS) is 11.4. The minimum absolute atomic E-state index is 0.0509. The smallest absolute Gasteiger partial charge is 0.338 e. The molecule has 0 fully saturated rings. The molecule has 2 amide bonds. The van der Waals surface area contributed by atoms with Crippen molar-refractivity contribution in [1.82, 2.24) is 5.32 Å². The van der Waals surface area contributed by atoms with E-state index in [1.54, 1.807) is 31.2 Å². The second kappa shape index (κ2) is 8.72. The fraction of sp³-hybridized carbons (Fsp3) is 0.263. The van der Waals surface area contributed by atoms with Gasteiger partial charge >= 0.3 is 12.0 Å². The van der Waals surface area contributed by atoms with Gasteiger partial charge in [-0.2, -0.15) is 0 Å². The zero-order chi connectivity index (χ0) is 17.4. The van der Waals surface area contributed by atoms with Crippen molar-refractivity contribution in [2.75, 3.05) is 11.9 Å². The summed E-state index contributed by atoms with van der Waals surface area (Å²) in [5.41, 5.74) is 2.13. The minimum Gasteiger partial charge on any atom is -0.462 e. The van der Waals surface area contributed by atoms with Crippen LogP contribution in [0.25, 0.3) is 0 Å². The zero-order valence-corrected chi connectivity index (χ0v) is 13.9. The SMILES string of the molecule is CCOC(=O)c1ccc(NC(=O)NC(CC)c2ccccc2)cc1. The number of urea groups is 1. The molecule has 24 heavy (non-hydrogen) atoms. The van der Waals surface area contributed by atoms with Crippen LogP contribution in [-0.2, 0) is 4.74 Å². The van der Waals surface area contributed by atoms with E-state index >= 15 is 0 Å². The van der Waals surface area contributed by atoms with Gasteiger partial charge in [0.15, 0.2) is 0 Å². The Morgan fingerprint density at radius 2 is 1.67 bits per heavy atom. The van der Waals surface area contributed by atoms with Gasteiger partial charge in [-0.1, -0.05) is 37.3 Å². The summed E-state index contributed by atoms with van der Waals surface area (Å²) in [6.45, 7) is 4.11. The summed E-state index contributed by atoms with van der Waals surface area (Å²) < 4.78 is 4.93. The second-order valence-corrected chi connectivity index (χ2v) is 5.27. The Kier molecular flexibility index (Phi) is 6.37. The molecule has 0 aliphatic rings. The van der Waals surface area contributed by atoms with Crippen molar-refractivity contribution >= 4 is 17.7 Å². The largest absolute Gasteiger partial charge is 0.462 e. The monoisotopic (exact) mass is 326 g/mol. The summed E-state index contributed by atoms with van der Waals surface area (Å²) in [4.78, 5) is 23.8. The highest BCUT2D eigenvalue weighted by Gasteiger charge is 2.12. The number of rotatable bonds is 6. The van der Waals surface area contributed by atoms with Crippen molar-refractivity contribution in [1.29, 1.82) is 0 Å². The maximum atomic E-state index is 12.2. The molecule has 0 aromatic heterocycles. The van der Waals surface area contributed by atoms with Crippen LogP contribution >= 0.6 is 0 Å². The first-order valence-corrected chi connectivity index (χ1v) is 8.03. The number of esters is 1. The third-order valence-corrected chi connectivity index (χ3v) is 3.57. The number of amides is 2. The summed E-state index contributed by atoms with van der Waals surface area (Å²) in [6.07, 6.45) is 0.791. The third-order valence-electron chi connectivity index (χ3n) is 3.57. The number of carbonyl (C=O) groups excluding carboxylic acids is 2. The van der Waals surface area contributed by atoms with Gasteiger partial charge in [-0.05, 0) is 43.2 Å². The average Bonchev–Trinajstić information content (AvgIpc) is 2.61. The van der Waals surface area contributed by atoms with Gasteiger partial charge < -0.3 is 15.4 Å². The average molecular weight is 326 g/mol. The molecule has 0 spiro atoms. The molecule has 2 aromatic carbocycles. The topological polar surface area (TPSA) is 67.4 Å². The van der Waals surface area contributed by atoms with E-state index in [0.717, 1.165) is 12.0 Å². The van der Waals surface area contributed by atoms with Crippen molar-refractivity contribution in [2.24, 2.45) is 0 Å². The van der Waals surface area contributed by atoms with E-state index in [-0.39, 0.29) is 18.0 Å². The Morgan fingerprint density at radius 3 is 2.25 bits per heavy atom. The Labute approximate surface area is 142 Å². The molecule has 1 atom stereocenters. The molecule has 126 valence electrons.